The molecule has 1 heterocycles. The highest BCUT2D eigenvalue weighted by atomic mass is 28.3. The van der Waals surface area contributed by atoms with Crippen LogP contribution in [0.25, 0.3) is 0 Å². The Morgan fingerprint density at radius 1 is 1.15 bits per heavy atom. The van der Waals surface area contributed by atoms with E-state index < -0.39 is 19.8 Å². The van der Waals surface area contributed by atoms with Gasteiger partial charge in [-0.15, -0.1) is 6.58 Å². The lowest BCUT2D eigenvalue weighted by atomic mass is 9.95. The van der Waals surface area contributed by atoms with Gasteiger partial charge in [-0.05, 0) is 65.3 Å². The number of allylic oxidation sites excluding steroid dienone is 5. The van der Waals surface area contributed by atoms with Gasteiger partial charge in [0.1, 0.15) is 11.7 Å². The largest absolute Gasteiger partial charge is 0.509 e. The Bertz CT molecular complexity index is 538. The first-order chi connectivity index (χ1) is 12.0. The number of rotatable bonds is 11. The molecule has 0 radical (unpaired) electrons. The molecule has 26 heavy (non-hydrogen) atoms. The number of hydrogen-bond acceptors (Lipinski definition) is 3. The van der Waals surface area contributed by atoms with Crippen LogP contribution >= 0.6 is 0 Å². The van der Waals surface area contributed by atoms with E-state index in [9.17, 15) is 4.79 Å². The molecule has 0 saturated carbocycles. The molecule has 1 atom stereocenters. The fourth-order valence-electron chi connectivity index (χ4n) is 3.22. The van der Waals surface area contributed by atoms with Crippen molar-refractivity contribution >= 4 is 14.2 Å². The summed E-state index contributed by atoms with van der Waals surface area (Å²) in [5.74, 6) is 0. The van der Waals surface area contributed by atoms with Crippen molar-refractivity contribution in [1.29, 1.82) is 0 Å². The summed E-state index contributed by atoms with van der Waals surface area (Å²) in [6, 6.07) is 1.24. The quantitative estimate of drug-likeness (QED) is 0.167. The minimum absolute atomic E-state index is 0.150. The summed E-state index contributed by atoms with van der Waals surface area (Å²) in [5, 5.41) is 0. The Morgan fingerprint density at radius 3 is 2.38 bits per heavy atom. The molecule has 0 aromatic heterocycles. The molecular formula is C22H38O3Si. The van der Waals surface area contributed by atoms with Gasteiger partial charge in [0.2, 0.25) is 0 Å². The second-order valence-corrected chi connectivity index (χ2v) is 14.7. The van der Waals surface area contributed by atoms with Gasteiger partial charge in [0, 0.05) is 8.07 Å². The van der Waals surface area contributed by atoms with Crippen LogP contribution in [0.5, 0.6) is 0 Å². The zero-order valence-electron chi connectivity index (χ0n) is 17.7. The van der Waals surface area contributed by atoms with Crippen LogP contribution in [-0.2, 0) is 9.47 Å². The molecule has 0 bridgehead atoms. The van der Waals surface area contributed by atoms with Gasteiger partial charge >= 0.3 is 6.16 Å². The molecule has 1 saturated heterocycles. The Hall–Kier alpha value is -1.29. The molecular weight excluding hydrogens is 340 g/mol. The van der Waals surface area contributed by atoms with Gasteiger partial charge in [-0.3, -0.25) is 0 Å². The zero-order valence-corrected chi connectivity index (χ0v) is 18.7. The van der Waals surface area contributed by atoms with Crippen molar-refractivity contribution in [3.05, 3.63) is 36.0 Å². The molecule has 0 spiro atoms. The maximum absolute atomic E-state index is 11.3. The van der Waals surface area contributed by atoms with Gasteiger partial charge in [-0.1, -0.05) is 49.0 Å². The third-order valence-electron chi connectivity index (χ3n) is 4.60. The molecule has 0 N–H and O–H groups in total. The van der Waals surface area contributed by atoms with Gasteiger partial charge in [-0.25, -0.2) is 4.79 Å². The highest BCUT2D eigenvalue weighted by molar-refractivity contribution is 6.76. The average Bonchev–Trinajstić information content (AvgIpc) is 2.74. The van der Waals surface area contributed by atoms with Crippen LogP contribution in [0.4, 0.5) is 4.79 Å². The predicted molar refractivity (Wildman–Crippen MR) is 113 cm³/mol. The number of ether oxygens (including phenoxy) is 2. The SMILES string of the molecule is C=C(CC/C=C/CC/C=C(\C)CC[C@H]1OC(=O)OC1(C)C)C[Si](C)(C)C. The Labute approximate surface area is 161 Å². The van der Waals surface area contributed by atoms with Crippen molar-refractivity contribution in [1.82, 2.24) is 0 Å². The van der Waals surface area contributed by atoms with Gasteiger partial charge in [0.05, 0.1) is 0 Å². The van der Waals surface area contributed by atoms with E-state index in [0.717, 1.165) is 38.5 Å². The van der Waals surface area contributed by atoms with Gasteiger partial charge in [-0.2, -0.15) is 0 Å². The van der Waals surface area contributed by atoms with Crippen molar-refractivity contribution in [2.24, 2.45) is 0 Å². The standard InChI is InChI=1S/C22H38O3Si/c1-18(15-16-20-22(3,4)25-21(23)24-20)13-11-9-8-10-12-14-19(2)17-26(5,6)7/h8,10,13,20H,2,9,11-12,14-17H2,1,3-7H3/b10-8+,18-13+/t20-/m1/s1. The van der Waals surface area contributed by atoms with E-state index >= 15 is 0 Å². The third-order valence-corrected chi connectivity index (χ3v) is 6.16. The third kappa shape index (κ3) is 9.42. The normalized spacial score (nSPS) is 20.3. The second kappa shape index (κ2) is 10.1. The monoisotopic (exact) mass is 378 g/mol. The molecule has 3 nitrogen and oxygen atoms in total. The number of unbranched alkanes of at least 4 members (excludes halogenated alkanes) is 1. The minimum Gasteiger partial charge on any atom is -0.427 e. The molecule has 1 aliphatic heterocycles. The Kier molecular flexibility index (Phi) is 8.88. The van der Waals surface area contributed by atoms with Gasteiger partial charge < -0.3 is 9.47 Å². The van der Waals surface area contributed by atoms with Crippen LogP contribution in [0.2, 0.25) is 25.7 Å². The van der Waals surface area contributed by atoms with Gasteiger partial charge in [0.25, 0.3) is 0 Å². The molecule has 0 amide bonds. The summed E-state index contributed by atoms with van der Waals surface area (Å²) in [6.45, 7) is 17.4. The van der Waals surface area contributed by atoms with E-state index in [1.165, 1.54) is 17.2 Å². The molecule has 0 aliphatic carbocycles. The van der Waals surface area contributed by atoms with E-state index in [1.54, 1.807) is 0 Å². The maximum atomic E-state index is 11.3. The lowest BCUT2D eigenvalue weighted by Gasteiger charge is -2.21. The first-order valence-electron chi connectivity index (χ1n) is 9.86. The average molecular weight is 379 g/mol. The lowest BCUT2D eigenvalue weighted by molar-refractivity contribution is 0.0611. The molecule has 1 rings (SSSR count). The fraction of sp³-hybridized carbons (Fsp3) is 0.682. The maximum Gasteiger partial charge on any atom is 0.509 e. The number of carbonyl (C=O) groups is 1. The minimum atomic E-state index is -1.01. The van der Waals surface area contributed by atoms with Gasteiger partial charge in [0.15, 0.2) is 0 Å². The molecule has 148 valence electrons. The van der Waals surface area contributed by atoms with Crippen LogP contribution in [0.1, 0.15) is 59.3 Å². The number of carbonyl (C=O) groups excluding carboxylic acids is 1. The van der Waals surface area contributed by atoms with Crippen LogP contribution < -0.4 is 0 Å². The lowest BCUT2D eigenvalue weighted by Crippen LogP contribution is -2.32. The van der Waals surface area contributed by atoms with Crippen LogP contribution in [0, 0.1) is 0 Å². The van der Waals surface area contributed by atoms with Crippen molar-refractivity contribution in [2.45, 2.75) is 96.7 Å². The van der Waals surface area contributed by atoms with Crippen LogP contribution in [0.3, 0.4) is 0 Å². The number of cyclic esters (lactones) is 2. The number of hydrogen-bond donors (Lipinski definition) is 0. The van der Waals surface area contributed by atoms with E-state index in [4.69, 9.17) is 9.47 Å². The zero-order chi connectivity index (χ0) is 19.8. The van der Waals surface area contributed by atoms with Crippen molar-refractivity contribution in [3.8, 4) is 0 Å². The fourth-order valence-corrected chi connectivity index (χ4v) is 4.89. The molecule has 0 aromatic rings. The topological polar surface area (TPSA) is 35.5 Å². The summed E-state index contributed by atoms with van der Waals surface area (Å²) in [5.41, 5.74) is 2.24. The first kappa shape index (κ1) is 22.7. The smallest absolute Gasteiger partial charge is 0.427 e. The van der Waals surface area contributed by atoms with Crippen LogP contribution in [-0.4, -0.2) is 25.9 Å². The molecule has 0 unspecified atom stereocenters. The summed E-state index contributed by atoms with van der Waals surface area (Å²) >= 11 is 0. The molecule has 4 heteroatoms. The molecule has 1 fully saturated rings. The van der Waals surface area contributed by atoms with Crippen molar-refractivity contribution in [2.75, 3.05) is 0 Å². The van der Waals surface area contributed by atoms with E-state index in [1.807, 2.05) is 13.8 Å². The van der Waals surface area contributed by atoms with Crippen molar-refractivity contribution in [3.63, 3.8) is 0 Å². The molecule has 0 aromatic carbocycles. The second-order valence-electron chi connectivity index (χ2n) is 9.23. The summed E-state index contributed by atoms with van der Waals surface area (Å²) in [4.78, 5) is 11.3. The summed E-state index contributed by atoms with van der Waals surface area (Å²) < 4.78 is 10.4. The van der Waals surface area contributed by atoms with E-state index in [0.29, 0.717) is 0 Å². The summed E-state index contributed by atoms with van der Waals surface area (Å²) in [7, 11) is -1.01. The summed E-state index contributed by atoms with van der Waals surface area (Å²) in [6.07, 6.45) is 12.3. The van der Waals surface area contributed by atoms with Crippen LogP contribution in [0.15, 0.2) is 36.0 Å². The van der Waals surface area contributed by atoms with E-state index in [2.05, 4.69) is 51.4 Å². The van der Waals surface area contributed by atoms with Crippen molar-refractivity contribution < 1.29 is 14.3 Å². The Balaban J connectivity index is 2.17. The Morgan fingerprint density at radius 2 is 1.81 bits per heavy atom. The highest BCUT2D eigenvalue weighted by Crippen LogP contribution is 2.30. The highest BCUT2D eigenvalue weighted by Gasteiger charge is 2.43. The molecule has 1 aliphatic rings. The first-order valence-corrected chi connectivity index (χ1v) is 13.6. The van der Waals surface area contributed by atoms with E-state index in [-0.39, 0.29) is 6.10 Å². The predicted octanol–water partition coefficient (Wildman–Crippen LogP) is 7.04.